The summed E-state index contributed by atoms with van der Waals surface area (Å²) in [5.41, 5.74) is 2.86. The highest BCUT2D eigenvalue weighted by molar-refractivity contribution is 5.99. The van der Waals surface area contributed by atoms with Crippen LogP contribution in [0.25, 0.3) is 10.9 Å². The van der Waals surface area contributed by atoms with Gasteiger partial charge >= 0.3 is 5.97 Å². The molecule has 2 N–H and O–H groups in total. The molecule has 1 aliphatic carbocycles. The van der Waals surface area contributed by atoms with Crippen LogP contribution in [-0.2, 0) is 0 Å². The average molecular weight is 366 g/mol. The lowest BCUT2D eigenvalue weighted by Crippen LogP contribution is -2.44. The predicted molar refractivity (Wildman–Crippen MR) is 103 cm³/mol. The van der Waals surface area contributed by atoms with Gasteiger partial charge in [-0.15, -0.1) is 0 Å². The molecule has 140 valence electrons. The highest BCUT2D eigenvalue weighted by Gasteiger charge is 2.31. The van der Waals surface area contributed by atoms with Crippen molar-refractivity contribution < 1.29 is 9.90 Å². The number of nitriles is 1. The number of carboxylic acids is 1. The number of piperazine rings is 1. The zero-order valence-electron chi connectivity index (χ0n) is 15.5. The normalized spacial score (nSPS) is 17.1. The molecular weight excluding hydrogens is 344 g/mol. The number of aromatic carboxylic acids is 1. The van der Waals surface area contributed by atoms with E-state index in [0.717, 1.165) is 55.8 Å². The number of aryl methyl sites for hydroxylation is 1. The van der Waals surface area contributed by atoms with Gasteiger partial charge in [-0.2, -0.15) is 5.26 Å². The highest BCUT2D eigenvalue weighted by Crippen LogP contribution is 2.41. The predicted octanol–water partition coefficient (Wildman–Crippen LogP) is 1.93. The van der Waals surface area contributed by atoms with Crippen molar-refractivity contribution in [1.82, 2.24) is 9.88 Å². The second-order valence-corrected chi connectivity index (χ2v) is 7.36. The van der Waals surface area contributed by atoms with Gasteiger partial charge in [0.15, 0.2) is 0 Å². The molecule has 7 nitrogen and oxygen atoms in total. The third kappa shape index (κ3) is 2.68. The van der Waals surface area contributed by atoms with E-state index in [-0.39, 0.29) is 11.6 Å². The summed E-state index contributed by atoms with van der Waals surface area (Å²) in [5, 5.41) is 23.2. The van der Waals surface area contributed by atoms with Crippen LogP contribution in [0.2, 0.25) is 0 Å². The minimum Gasteiger partial charge on any atom is -0.477 e. The van der Waals surface area contributed by atoms with E-state index in [1.54, 1.807) is 0 Å². The number of aromatic nitrogens is 1. The molecule has 1 aromatic heterocycles. The number of hydrogen-bond acceptors (Lipinski definition) is 5. The lowest BCUT2D eigenvalue weighted by atomic mass is 9.94. The second-order valence-electron chi connectivity index (χ2n) is 7.36. The third-order valence-corrected chi connectivity index (χ3v) is 5.72. The quantitative estimate of drug-likeness (QED) is 0.861. The number of benzene rings is 1. The number of carbonyl (C=O) groups is 1. The first-order chi connectivity index (χ1) is 13.0. The van der Waals surface area contributed by atoms with Crippen molar-refractivity contribution in [3.8, 4) is 6.07 Å². The van der Waals surface area contributed by atoms with Crippen LogP contribution in [0, 0.1) is 25.2 Å². The molecule has 2 aromatic rings. The lowest BCUT2D eigenvalue weighted by Gasteiger charge is -2.33. The van der Waals surface area contributed by atoms with Crippen molar-refractivity contribution in [2.45, 2.75) is 32.7 Å². The second kappa shape index (κ2) is 6.39. The number of rotatable bonds is 3. The Morgan fingerprint density at radius 1 is 1.26 bits per heavy atom. The molecule has 0 bridgehead atoms. The number of carboxylic acid groups (broad SMARTS) is 1. The fourth-order valence-electron chi connectivity index (χ4n) is 4.08. The zero-order chi connectivity index (χ0) is 19.3. The fraction of sp³-hybridized carbons (Fsp3) is 0.450. The maximum atomic E-state index is 13.0. The summed E-state index contributed by atoms with van der Waals surface area (Å²) in [7, 11) is 0. The summed E-state index contributed by atoms with van der Waals surface area (Å²) >= 11 is 0. The van der Waals surface area contributed by atoms with Gasteiger partial charge in [-0.05, 0) is 37.8 Å². The van der Waals surface area contributed by atoms with Crippen molar-refractivity contribution in [1.29, 1.82) is 5.26 Å². The van der Waals surface area contributed by atoms with Crippen LogP contribution < -0.4 is 15.6 Å². The molecule has 27 heavy (non-hydrogen) atoms. The first-order valence-electron chi connectivity index (χ1n) is 9.26. The van der Waals surface area contributed by atoms with Crippen LogP contribution in [0.4, 0.5) is 5.69 Å². The molecule has 0 amide bonds. The van der Waals surface area contributed by atoms with Gasteiger partial charge in [0.2, 0.25) is 5.43 Å². The minimum absolute atomic E-state index is 0.149. The highest BCUT2D eigenvalue weighted by atomic mass is 16.4. The summed E-state index contributed by atoms with van der Waals surface area (Å²) in [6.07, 6.45) is 3.29. The number of pyridine rings is 1. The number of nitrogens with one attached hydrogen (secondary N) is 1. The Morgan fingerprint density at radius 3 is 2.48 bits per heavy atom. The van der Waals surface area contributed by atoms with E-state index >= 15 is 0 Å². The van der Waals surface area contributed by atoms with Gasteiger partial charge in [0.25, 0.3) is 0 Å². The summed E-state index contributed by atoms with van der Waals surface area (Å²) in [4.78, 5) is 26.8. The molecule has 4 rings (SSSR count). The lowest BCUT2D eigenvalue weighted by molar-refractivity contribution is 0.0695. The van der Waals surface area contributed by atoms with Gasteiger partial charge in [0.05, 0.1) is 16.6 Å². The maximum absolute atomic E-state index is 13.0. The Hall–Kier alpha value is -2.85. The molecule has 1 saturated heterocycles. The van der Waals surface area contributed by atoms with E-state index < -0.39 is 11.4 Å². The Morgan fingerprint density at radius 2 is 1.93 bits per heavy atom. The molecular formula is C20H22N4O3. The van der Waals surface area contributed by atoms with E-state index in [1.807, 2.05) is 18.4 Å². The molecule has 0 spiro atoms. The van der Waals surface area contributed by atoms with Gasteiger partial charge < -0.3 is 19.9 Å². The van der Waals surface area contributed by atoms with Crippen molar-refractivity contribution in [2.75, 3.05) is 31.1 Å². The summed E-state index contributed by atoms with van der Waals surface area (Å²) < 4.78 is 1.86. The Bertz CT molecular complexity index is 1050. The van der Waals surface area contributed by atoms with Crippen LogP contribution in [0.3, 0.4) is 0 Å². The van der Waals surface area contributed by atoms with Gasteiger partial charge in [0.1, 0.15) is 17.2 Å². The van der Waals surface area contributed by atoms with E-state index in [0.29, 0.717) is 16.5 Å². The van der Waals surface area contributed by atoms with Crippen LogP contribution in [-0.4, -0.2) is 41.8 Å². The minimum atomic E-state index is -1.22. The number of nitrogens with zero attached hydrogens (tertiary/aromatic N) is 3. The van der Waals surface area contributed by atoms with Crippen LogP contribution >= 0.6 is 0 Å². The summed E-state index contributed by atoms with van der Waals surface area (Å²) in [6, 6.07) is 2.48. The standard InChI is InChI=1S/C20H22N4O3/c1-11-12(2)17(23-7-5-22-6-8-23)14(9-21)18-16(11)19(25)15(20(26)27)10-24(18)13-3-4-13/h10,13,22H,3-8H2,1-2H3,(H,26,27). The van der Waals surface area contributed by atoms with Crippen molar-refractivity contribution in [3.63, 3.8) is 0 Å². The third-order valence-electron chi connectivity index (χ3n) is 5.72. The summed E-state index contributed by atoms with van der Waals surface area (Å²) in [5.74, 6) is -1.22. The Kier molecular flexibility index (Phi) is 4.16. The van der Waals surface area contributed by atoms with E-state index in [4.69, 9.17) is 0 Å². The molecule has 2 aliphatic rings. The number of hydrogen-bond donors (Lipinski definition) is 2. The maximum Gasteiger partial charge on any atom is 0.341 e. The Balaban J connectivity index is 2.14. The van der Waals surface area contributed by atoms with Crippen LogP contribution in [0.1, 0.15) is 45.9 Å². The SMILES string of the molecule is Cc1c(N2CCNCC2)c(C#N)c2c(c1C)c(=O)c(C(=O)O)cn2C1CC1. The first-order valence-corrected chi connectivity index (χ1v) is 9.26. The zero-order valence-corrected chi connectivity index (χ0v) is 15.5. The fourth-order valence-corrected chi connectivity index (χ4v) is 4.08. The molecule has 2 fully saturated rings. The van der Waals surface area contributed by atoms with Crippen LogP contribution in [0.15, 0.2) is 11.0 Å². The summed E-state index contributed by atoms with van der Waals surface area (Å²) in [6.45, 7) is 7.04. The Labute approximate surface area is 156 Å². The van der Waals surface area contributed by atoms with Crippen LogP contribution in [0.5, 0.6) is 0 Å². The molecule has 0 unspecified atom stereocenters. The van der Waals surface area contributed by atoms with Crippen molar-refractivity contribution in [3.05, 3.63) is 38.7 Å². The van der Waals surface area contributed by atoms with Crippen molar-refractivity contribution >= 4 is 22.6 Å². The molecule has 1 aromatic carbocycles. The van der Waals surface area contributed by atoms with Gasteiger partial charge in [-0.1, -0.05) is 0 Å². The molecule has 1 aliphatic heterocycles. The molecule has 1 saturated carbocycles. The largest absolute Gasteiger partial charge is 0.477 e. The van der Waals surface area contributed by atoms with Gasteiger partial charge in [-0.3, -0.25) is 4.79 Å². The molecule has 7 heteroatoms. The monoisotopic (exact) mass is 366 g/mol. The smallest absolute Gasteiger partial charge is 0.341 e. The first kappa shape index (κ1) is 17.6. The van der Waals surface area contributed by atoms with Gasteiger partial charge in [-0.25, -0.2) is 4.79 Å². The number of anilines is 1. The molecule has 0 radical (unpaired) electrons. The average Bonchev–Trinajstić information content (AvgIpc) is 3.49. The van der Waals surface area contributed by atoms with E-state index in [2.05, 4.69) is 16.3 Å². The van der Waals surface area contributed by atoms with Gasteiger partial charge in [0, 0.05) is 38.4 Å². The van der Waals surface area contributed by atoms with E-state index in [9.17, 15) is 20.0 Å². The van der Waals surface area contributed by atoms with E-state index in [1.165, 1.54) is 6.20 Å². The number of fused-ring (bicyclic) bond motifs is 1. The molecule has 0 atom stereocenters. The van der Waals surface area contributed by atoms with Crippen molar-refractivity contribution in [2.24, 2.45) is 0 Å². The topological polar surface area (TPSA) is 98.4 Å². The molecule has 2 heterocycles.